The molecule has 38 heavy (non-hydrogen) atoms. The van der Waals surface area contributed by atoms with Gasteiger partial charge in [0.05, 0.1) is 32.3 Å². The Bertz CT molecular complexity index is 1290. The minimum absolute atomic E-state index is 0.0800. The largest absolute Gasteiger partial charge is 0.497 e. The second-order valence-corrected chi connectivity index (χ2v) is 8.81. The number of ether oxygens (including phenoxy) is 2. The van der Waals surface area contributed by atoms with Gasteiger partial charge in [0, 0.05) is 24.8 Å². The molecule has 1 aromatic heterocycles. The molecule has 0 atom stereocenters. The highest BCUT2D eigenvalue weighted by Crippen LogP contribution is 2.25. The van der Waals surface area contributed by atoms with E-state index >= 15 is 0 Å². The van der Waals surface area contributed by atoms with Gasteiger partial charge in [-0.05, 0) is 43.2 Å². The smallest absolute Gasteiger partial charge is 0.255 e. The minimum Gasteiger partial charge on any atom is -0.497 e. The van der Waals surface area contributed by atoms with Crippen LogP contribution in [0.25, 0.3) is 0 Å². The number of fused-ring (bicyclic) bond motifs is 1. The molecule has 12 nitrogen and oxygen atoms in total. The topological polar surface area (TPSA) is 157 Å². The molecule has 5 N–H and O–H groups in total. The van der Waals surface area contributed by atoms with Crippen molar-refractivity contribution in [1.82, 2.24) is 30.5 Å². The van der Waals surface area contributed by atoms with E-state index in [-0.39, 0.29) is 44.0 Å². The Balaban J connectivity index is 1.45. The third kappa shape index (κ3) is 7.53. The highest BCUT2D eigenvalue weighted by Gasteiger charge is 2.17. The average molecular weight is 521 g/mol. The van der Waals surface area contributed by atoms with E-state index in [9.17, 15) is 9.59 Å². The Morgan fingerprint density at radius 3 is 2.79 bits per heavy atom. The van der Waals surface area contributed by atoms with Crippen molar-refractivity contribution in [3.05, 3.63) is 59.4 Å². The molecular formula is C26H32N8O4. The Hall–Kier alpha value is -4.45. The standard InChI is InChI=1S/C26H32N8O4/c1-17-5-3-6-18(13-17)30-26-32-22(31-25(27)33-26)15-34-11-4-9-29-24(36)20-8-7-19(37-2)14-21(20)38-12-10-28-23(35)16-34/h3,5-8,13-14H,4,9-12,15-16H2,1-2H3,(H,28,35)(H,29,36)(H3,27,30,31,32,33). The third-order valence-corrected chi connectivity index (χ3v) is 5.76. The van der Waals surface area contributed by atoms with Gasteiger partial charge >= 0.3 is 0 Å². The van der Waals surface area contributed by atoms with Gasteiger partial charge in [-0.3, -0.25) is 14.5 Å². The molecule has 0 spiro atoms. The summed E-state index contributed by atoms with van der Waals surface area (Å²) in [6.45, 7) is 3.77. The Morgan fingerprint density at radius 2 is 1.97 bits per heavy atom. The van der Waals surface area contributed by atoms with Crippen molar-refractivity contribution in [2.45, 2.75) is 19.9 Å². The van der Waals surface area contributed by atoms with E-state index in [2.05, 4.69) is 30.9 Å². The van der Waals surface area contributed by atoms with Gasteiger partial charge in [0.1, 0.15) is 23.9 Å². The van der Waals surface area contributed by atoms with Gasteiger partial charge in [-0.15, -0.1) is 0 Å². The van der Waals surface area contributed by atoms with Gasteiger partial charge < -0.3 is 31.2 Å². The molecule has 0 fully saturated rings. The van der Waals surface area contributed by atoms with Crippen LogP contribution in [0.5, 0.6) is 11.5 Å². The van der Waals surface area contributed by atoms with Crippen LogP contribution in [0.15, 0.2) is 42.5 Å². The zero-order valence-corrected chi connectivity index (χ0v) is 21.5. The van der Waals surface area contributed by atoms with Crippen molar-refractivity contribution in [2.75, 3.05) is 50.9 Å². The lowest BCUT2D eigenvalue weighted by Gasteiger charge is -2.22. The van der Waals surface area contributed by atoms with Gasteiger partial charge in [0.2, 0.25) is 17.8 Å². The Kier molecular flexibility index (Phi) is 8.88. The Morgan fingerprint density at radius 1 is 1.11 bits per heavy atom. The maximum Gasteiger partial charge on any atom is 0.255 e. The Labute approximate surface area is 221 Å². The monoisotopic (exact) mass is 520 g/mol. The molecule has 2 aromatic carbocycles. The fourth-order valence-electron chi connectivity index (χ4n) is 3.98. The van der Waals surface area contributed by atoms with Gasteiger partial charge in [0.15, 0.2) is 0 Å². The van der Waals surface area contributed by atoms with E-state index in [1.54, 1.807) is 25.3 Å². The quantitative estimate of drug-likeness (QED) is 0.390. The van der Waals surface area contributed by atoms with Crippen molar-refractivity contribution in [1.29, 1.82) is 0 Å². The first-order valence-electron chi connectivity index (χ1n) is 12.3. The van der Waals surface area contributed by atoms with Crippen LogP contribution in [0.3, 0.4) is 0 Å². The minimum atomic E-state index is -0.243. The third-order valence-electron chi connectivity index (χ3n) is 5.76. The number of carbonyl (C=O) groups is 2. The zero-order valence-electron chi connectivity index (χ0n) is 21.5. The first-order chi connectivity index (χ1) is 18.4. The first kappa shape index (κ1) is 26.6. The highest BCUT2D eigenvalue weighted by molar-refractivity contribution is 5.97. The lowest BCUT2D eigenvalue weighted by molar-refractivity contribution is -0.122. The second kappa shape index (κ2) is 12.7. The van der Waals surface area contributed by atoms with Gasteiger partial charge in [-0.2, -0.15) is 15.0 Å². The number of anilines is 3. The normalized spacial score (nSPS) is 15.3. The van der Waals surface area contributed by atoms with Crippen LogP contribution in [0.4, 0.5) is 17.6 Å². The summed E-state index contributed by atoms with van der Waals surface area (Å²) in [6, 6.07) is 12.8. The maximum atomic E-state index is 12.8. The number of aromatic nitrogens is 3. The van der Waals surface area contributed by atoms with Crippen molar-refractivity contribution in [3.63, 3.8) is 0 Å². The van der Waals surface area contributed by atoms with E-state index in [1.807, 2.05) is 36.1 Å². The average Bonchev–Trinajstić information content (AvgIpc) is 2.88. The number of nitrogens with zero attached hydrogens (tertiary/aromatic N) is 4. The number of aryl methyl sites for hydroxylation is 1. The summed E-state index contributed by atoms with van der Waals surface area (Å²) in [4.78, 5) is 40.3. The number of nitrogens with one attached hydrogen (secondary N) is 3. The van der Waals surface area contributed by atoms with E-state index in [4.69, 9.17) is 15.2 Å². The molecule has 0 radical (unpaired) electrons. The second-order valence-electron chi connectivity index (χ2n) is 8.81. The van der Waals surface area contributed by atoms with E-state index in [1.165, 1.54) is 0 Å². The number of benzene rings is 2. The van der Waals surface area contributed by atoms with Crippen LogP contribution in [0.2, 0.25) is 0 Å². The van der Waals surface area contributed by atoms with Crippen LogP contribution in [0, 0.1) is 6.92 Å². The zero-order chi connectivity index (χ0) is 26.9. The molecular weight excluding hydrogens is 488 g/mol. The maximum absolute atomic E-state index is 12.8. The number of nitrogen functional groups attached to an aromatic ring is 1. The SMILES string of the molecule is COc1ccc2c(c1)OCCNC(=O)CN(Cc1nc(N)nc(Nc3cccc(C)c3)n1)CCCNC2=O. The molecule has 12 heteroatoms. The number of rotatable bonds is 5. The lowest BCUT2D eigenvalue weighted by Crippen LogP contribution is -2.40. The van der Waals surface area contributed by atoms with Gasteiger partial charge in [-0.25, -0.2) is 0 Å². The molecule has 3 aromatic rings. The fourth-order valence-corrected chi connectivity index (χ4v) is 3.98. The molecule has 2 amide bonds. The first-order valence-corrected chi connectivity index (χ1v) is 12.3. The van der Waals surface area contributed by atoms with Gasteiger partial charge in [-0.1, -0.05) is 12.1 Å². The molecule has 0 bridgehead atoms. The fraction of sp³-hybridized carbons (Fsp3) is 0.346. The molecule has 4 rings (SSSR count). The summed E-state index contributed by atoms with van der Waals surface area (Å²) in [5.74, 6) is 1.40. The molecule has 1 aliphatic heterocycles. The number of hydrogen-bond donors (Lipinski definition) is 4. The number of amides is 2. The van der Waals surface area contributed by atoms with E-state index in [0.717, 1.165) is 11.3 Å². The number of methoxy groups -OCH3 is 1. The molecule has 0 unspecified atom stereocenters. The van der Waals surface area contributed by atoms with Crippen LogP contribution < -0.4 is 31.2 Å². The van der Waals surface area contributed by atoms with Crippen molar-refractivity contribution >= 4 is 29.4 Å². The number of nitrogens with two attached hydrogens (primary N) is 1. The molecule has 200 valence electrons. The summed E-state index contributed by atoms with van der Waals surface area (Å²) in [6.07, 6.45) is 0.598. The summed E-state index contributed by atoms with van der Waals surface area (Å²) in [5, 5.41) is 8.93. The highest BCUT2D eigenvalue weighted by atomic mass is 16.5. The molecule has 0 saturated heterocycles. The van der Waals surface area contributed by atoms with Gasteiger partial charge in [0.25, 0.3) is 5.91 Å². The predicted molar refractivity (Wildman–Crippen MR) is 142 cm³/mol. The predicted octanol–water partition coefficient (Wildman–Crippen LogP) is 1.65. The van der Waals surface area contributed by atoms with E-state index in [0.29, 0.717) is 48.3 Å². The summed E-state index contributed by atoms with van der Waals surface area (Å²) in [7, 11) is 1.55. The molecule has 0 saturated carbocycles. The van der Waals surface area contributed by atoms with Crippen molar-refractivity contribution in [3.8, 4) is 11.5 Å². The lowest BCUT2D eigenvalue weighted by atomic mass is 10.1. The number of hydrogen-bond acceptors (Lipinski definition) is 10. The van der Waals surface area contributed by atoms with Crippen molar-refractivity contribution in [2.24, 2.45) is 0 Å². The molecule has 0 aliphatic carbocycles. The molecule has 2 heterocycles. The van der Waals surface area contributed by atoms with Crippen molar-refractivity contribution < 1.29 is 19.1 Å². The molecule has 1 aliphatic rings. The summed E-state index contributed by atoms with van der Waals surface area (Å²) in [5.41, 5.74) is 8.28. The van der Waals surface area contributed by atoms with Crippen LogP contribution in [0.1, 0.15) is 28.2 Å². The summed E-state index contributed by atoms with van der Waals surface area (Å²) >= 11 is 0. The number of carbonyl (C=O) groups excluding carboxylic acids is 2. The van der Waals surface area contributed by atoms with E-state index < -0.39 is 0 Å². The van der Waals surface area contributed by atoms with Crippen LogP contribution in [-0.4, -0.2) is 71.6 Å². The van der Waals surface area contributed by atoms with Crippen LogP contribution in [-0.2, 0) is 11.3 Å². The van der Waals surface area contributed by atoms with Crippen LogP contribution >= 0.6 is 0 Å². The summed E-state index contributed by atoms with van der Waals surface area (Å²) < 4.78 is 11.0.